The topological polar surface area (TPSA) is 387 Å². The third kappa shape index (κ3) is 26.0. The van der Waals surface area contributed by atoms with Crippen LogP contribution >= 0.6 is 0 Å². The molecule has 20 rings (SSSR count). The van der Waals surface area contributed by atoms with E-state index in [4.69, 9.17) is 47.4 Å². The standard InChI is InChI=1S/C26H34N6O4.C25H32N6O2.C24H31N7O2.C24H27N5O4/c1-2-33-13-14-35-22-17-29-26(30-18-22)31-19-3-5-21(6-4-19)36-24-16-20(32-9-11-34-12-10-32)15-23-25(24)28-8-7-27-23;1-17(2)18-15-28-25(29-16-18)30-19-3-5-21(6-4-19)33-23-14-20(31-9-11-32-12-10-31)13-22-24(23)27-8-7-26-22;1-30(2)19-15-27-24(28-16-19)29-17-3-5-20(6-4-17)33-22-14-18(31-9-11-32-12-10-31)13-21-23(22)26-8-7-25-21;30-24(31)16-5-6-26-22(13-16)28-17-1-3-19(4-2-17)33-21-15-18(29-9-11-32-12-10-29)14-20-23(21)27-8-7-25-20/h7-8,15-19,21H,2-6,9-14H2,1H3,(H,29,30,31);7-8,13-17,19,21H,3-6,9-12H2,1-2H3,(H,28,29,30);7-8,13-17,20H,3-6,9-12H2,1-2H3,(H,27,28,29);5-8,13-15,17,19H,1-4,9-12H2,(H,26,28)(H,30,31). The lowest BCUT2D eigenvalue weighted by molar-refractivity contribution is 0.0696. The van der Waals surface area contributed by atoms with Crippen molar-refractivity contribution < 1.29 is 57.3 Å². The van der Waals surface area contributed by atoms with E-state index in [9.17, 15) is 9.90 Å². The summed E-state index contributed by atoms with van der Waals surface area (Å²) in [5.74, 6) is 5.97. The number of morpholine rings is 4. The van der Waals surface area contributed by atoms with Gasteiger partial charge in [0.1, 0.15) is 57.5 Å². The summed E-state index contributed by atoms with van der Waals surface area (Å²) < 4.78 is 58.9. The van der Waals surface area contributed by atoms with Gasteiger partial charge in [-0.15, -0.1) is 0 Å². The largest absolute Gasteiger partial charge is 0.488 e. The summed E-state index contributed by atoms with van der Waals surface area (Å²) in [6.45, 7) is 20.8. The minimum Gasteiger partial charge on any atom is -0.488 e. The Morgan fingerprint density at radius 1 is 0.385 bits per heavy atom. The molecular formula is C99H124N24O12. The van der Waals surface area contributed by atoms with Gasteiger partial charge in [-0.25, -0.2) is 59.6 Å². The molecule has 12 heterocycles. The van der Waals surface area contributed by atoms with Crippen LogP contribution in [0.15, 0.2) is 154 Å². The van der Waals surface area contributed by atoms with Crippen molar-refractivity contribution in [3.63, 3.8) is 0 Å². The van der Waals surface area contributed by atoms with E-state index in [-0.39, 0.29) is 36.0 Å². The maximum Gasteiger partial charge on any atom is 0.335 e. The van der Waals surface area contributed by atoms with Gasteiger partial charge in [-0.3, -0.25) is 19.9 Å². The highest BCUT2D eigenvalue weighted by Crippen LogP contribution is 2.40. The molecule has 4 aromatic carbocycles. The average molecular weight is 1840 g/mol. The number of ether oxygens (including phenoxy) is 10. The monoisotopic (exact) mass is 1840 g/mol. The minimum absolute atomic E-state index is 0.0894. The van der Waals surface area contributed by atoms with Crippen molar-refractivity contribution >= 4 is 102 Å². The van der Waals surface area contributed by atoms with Gasteiger partial charge in [0.05, 0.1) is 142 Å². The Kier molecular flexibility index (Phi) is 32.6. The predicted molar refractivity (Wildman–Crippen MR) is 519 cm³/mol. The number of hydrogen-bond donors (Lipinski definition) is 5. The lowest BCUT2D eigenvalue weighted by atomic mass is 9.93. The molecule has 8 aromatic heterocycles. The Morgan fingerprint density at radius 3 is 1.01 bits per heavy atom. The second kappa shape index (κ2) is 46.8. The molecule has 0 unspecified atom stereocenters. The Morgan fingerprint density at radius 2 is 0.696 bits per heavy atom. The highest BCUT2D eigenvalue weighted by atomic mass is 16.5. The zero-order chi connectivity index (χ0) is 92.4. The molecular weight excluding hydrogens is 1720 g/mol. The number of carbonyl (C=O) groups is 1. The zero-order valence-electron chi connectivity index (χ0n) is 77.8. The van der Waals surface area contributed by atoms with Crippen molar-refractivity contribution in [2.45, 2.75) is 178 Å². The molecule has 0 radical (unpaired) electrons. The average Bonchev–Trinajstić information content (AvgIpc) is 0.803. The lowest BCUT2D eigenvalue weighted by Gasteiger charge is -2.31. The maximum atomic E-state index is 11.2. The number of aromatic nitrogens is 15. The molecule has 0 spiro atoms. The normalized spacial score (nSPS) is 20.9. The number of benzene rings is 4. The third-order valence-corrected chi connectivity index (χ3v) is 25.7. The number of anilines is 9. The highest BCUT2D eigenvalue weighted by Gasteiger charge is 2.32. The number of hydrogen-bond acceptors (Lipinski definition) is 35. The molecule has 8 aliphatic rings. The lowest BCUT2D eigenvalue weighted by Crippen LogP contribution is -2.36. The number of carboxylic acid groups (broad SMARTS) is 1. The first-order chi connectivity index (χ1) is 66.2. The summed E-state index contributed by atoms with van der Waals surface area (Å²) in [5, 5.41) is 23.0. The van der Waals surface area contributed by atoms with E-state index in [0.29, 0.717) is 73.3 Å². The fraction of sp³-hybridized carbons (Fsp3) is 0.495. The van der Waals surface area contributed by atoms with Crippen LogP contribution < -0.4 is 69.5 Å². The molecule has 5 N–H and O–H groups in total. The maximum absolute atomic E-state index is 11.2. The van der Waals surface area contributed by atoms with Crippen molar-refractivity contribution in [3.8, 4) is 28.7 Å². The number of rotatable bonds is 28. The summed E-state index contributed by atoms with van der Waals surface area (Å²) in [7, 11) is 3.97. The molecule has 0 bridgehead atoms. The second-order valence-corrected chi connectivity index (χ2v) is 35.5. The van der Waals surface area contributed by atoms with Crippen LogP contribution in [0.25, 0.3) is 44.1 Å². The third-order valence-electron chi connectivity index (χ3n) is 25.7. The van der Waals surface area contributed by atoms with Gasteiger partial charge >= 0.3 is 5.97 Å². The number of aromatic carboxylic acids is 1. The van der Waals surface area contributed by atoms with Gasteiger partial charge in [-0.2, -0.15) is 0 Å². The van der Waals surface area contributed by atoms with Crippen LogP contribution in [-0.2, 0) is 23.7 Å². The highest BCUT2D eigenvalue weighted by molar-refractivity contribution is 5.89. The van der Waals surface area contributed by atoms with Gasteiger partial charge in [0.2, 0.25) is 17.8 Å². The number of fused-ring (bicyclic) bond motifs is 4. The Labute approximate surface area is 786 Å². The van der Waals surface area contributed by atoms with Crippen LogP contribution in [-0.4, -0.2) is 274 Å². The van der Waals surface area contributed by atoms with Crippen LogP contribution in [0, 0.1) is 0 Å². The van der Waals surface area contributed by atoms with Crippen molar-refractivity contribution in [2.24, 2.45) is 0 Å². The summed E-state index contributed by atoms with van der Waals surface area (Å²) in [5.41, 5.74) is 13.5. The molecule has 12 aromatic rings. The molecule has 36 nitrogen and oxygen atoms in total. The summed E-state index contributed by atoms with van der Waals surface area (Å²) in [6, 6.07) is 21.1. The quantitative estimate of drug-likeness (QED) is 0.0284. The molecule has 8 fully saturated rings. The van der Waals surface area contributed by atoms with E-state index in [1.54, 1.807) is 68.0 Å². The molecule has 712 valence electrons. The first kappa shape index (κ1) is 93.9. The molecule has 4 saturated carbocycles. The number of carboxylic acids is 1. The molecule has 4 aliphatic heterocycles. The summed E-state index contributed by atoms with van der Waals surface area (Å²) in [6.07, 6.45) is 42.2. The molecule has 0 atom stereocenters. The van der Waals surface area contributed by atoms with Gasteiger partial charge in [0, 0.05) is 212 Å². The SMILES string of the molecule is CC(C)c1cnc(NC2CCC(Oc3cc(N4CCOCC4)cc4nccnc34)CC2)nc1.CCOCCOc1cnc(NC2CCC(Oc3cc(N4CCOCC4)cc4nccnc34)CC2)nc1.CN(C)c1cnc(NC2CCC(Oc3cc(N4CCOCC4)cc4nccnc34)CC2)nc1.O=C(O)c1ccnc(NC2CCC(Oc3cc(N4CCOCC4)cc4nccnc34)CC2)c1. The fourth-order valence-corrected chi connectivity index (χ4v) is 18.1. The van der Waals surface area contributed by atoms with Gasteiger partial charge in [0.25, 0.3) is 0 Å². The van der Waals surface area contributed by atoms with Crippen LogP contribution in [0.2, 0.25) is 0 Å². The number of nitrogens with one attached hydrogen (secondary N) is 4. The Bertz CT molecular complexity index is 5580. The zero-order valence-corrected chi connectivity index (χ0v) is 77.8. The van der Waals surface area contributed by atoms with Crippen molar-refractivity contribution in [1.29, 1.82) is 0 Å². The molecule has 4 saturated heterocycles. The number of nitrogens with zero attached hydrogens (tertiary/aromatic N) is 20. The Balaban J connectivity index is 0.000000125. The van der Waals surface area contributed by atoms with E-state index in [1.807, 2.05) is 50.7 Å². The van der Waals surface area contributed by atoms with Crippen LogP contribution in [0.1, 0.15) is 145 Å². The first-order valence-corrected chi connectivity index (χ1v) is 47.8. The second-order valence-electron chi connectivity index (χ2n) is 35.5. The van der Waals surface area contributed by atoms with Crippen molar-refractivity contribution in [1.82, 2.24) is 74.8 Å². The van der Waals surface area contributed by atoms with E-state index < -0.39 is 5.97 Å². The van der Waals surface area contributed by atoms with Gasteiger partial charge < -0.3 is 98.2 Å². The van der Waals surface area contributed by atoms with E-state index >= 15 is 0 Å². The molecule has 36 heteroatoms. The van der Waals surface area contributed by atoms with Crippen molar-refractivity contribution in [2.75, 3.05) is 185 Å². The first-order valence-electron chi connectivity index (χ1n) is 47.8. The summed E-state index contributed by atoms with van der Waals surface area (Å²) >= 11 is 0. The van der Waals surface area contributed by atoms with Crippen LogP contribution in [0.3, 0.4) is 0 Å². The van der Waals surface area contributed by atoms with Gasteiger partial charge in [0.15, 0.2) is 5.75 Å². The fourth-order valence-electron chi connectivity index (χ4n) is 18.1. The Hall–Kier alpha value is -12.9. The molecule has 4 aliphatic carbocycles. The molecule has 135 heavy (non-hydrogen) atoms. The van der Waals surface area contributed by atoms with Gasteiger partial charge in [-0.1, -0.05) is 13.8 Å². The van der Waals surface area contributed by atoms with E-state index in [2.05, 4.69) is 178 Å². The number of pyridine rings is 1. The minimum atomic E-state index is -0.952. The van der Waals surface area contributed by atoms with Gasteiger partial charge in [-0.05, 0) is 158 Å². The summed E-state index contributed by atoms with van der Waals surface area (Å²) in [4.78, 5) is 89.7. The van der Waals surface area contributed by atoms with Crippen molar-refractivity contribution in [3.05, 3.63) is 165 Å². The van der Waals surface area contributed by atoms with Crippen LogP contribution in [0.4, 0.5) is 52.1 Å². The molecule has 0 amide bonds. The van der Waals surface area contributed by atoms with E-state index in [1.165, 1.54) is 12.3 Å². The smallest absolute Gasteiger partial charge is 0.335 e. The predicted octanol–water partition coefficient (Wildman–Crippen LogP) is 14.1. The van der Waals surface area contributed by atoms with Crippen LogP contribution in [0.5, 0.6) is 28.7 Å². The van der Waals surface area contributed by atoms with E-state index in [0.717, 1.165) is 309 Å².